The van der Waals surface area contributed by atoms with Crippen molar-refractivity contribution in [1.82, 2.24) is 9.97 Å². The number of anilines is 1. The van der Waals surface area contributed by atoms with E-state index in [9.17, 15) is 5.11 Å². The highest BCUT2D eigenvalue weighted by atomic mass is 16.3. The Kier molecular flexibility index (Phi) is 3.10. The Morgan fingerprint density at radius 3 is 2.62 bits per heavy atom. The molecule has 2 rings (SSSR count). The number of hydrogen-bond acceptors (Lipinski definition) is 4. The summed E-state index contributed by atoms with van der Waals surface area (Å²) < 4.78 is 0. The van der Waals surface area contributed by atoms with Crippen molar-refractivity contribution in [1.29, 1.82) is 0 Å². The molecular weight excluding hydrogens is 202 g/mol. The number of hydrogen-bond donors (Lipinski definition) is 1. The van der Waals surface area contributed by atoms with Gasteiger partial charge in [-0.1, -0.05) is 0 Å². The molecule has 4 nitrogen and oxygen atoms in total. The summed E-state index contributed by atoms with van der Waals surface area (Å²) in [5.41, 5.74) is 0.546. The van der Waals surface area contributed by atoms with E-state index in [1.165, 1.54) is 0 Å². The molecule has 1 atom stereocenters. The van der Waals surface area contributed by atoms with Crippen molar-refractivity contribution in [3.05, 3.63) is 18.0 Å². The summed E-state index contributed by atoms with van der Waals surface area (Å²) in [7, 11) is 0. The number of nitrogens with zero attached hydrogens (tertiary/aromatic N) is 3. The summed E-state index contributed by atoms with van der Waals surface area (Å²) in [6.07, 6.45) is 6.31. The van der Waals surface area contributed by atoms with E-state index in [0.717, 1.165) is 43.9 Å². The molecule has 0 spiro atoms. The number of aliphatic hydroxyl groups is 1. The van der Waals surface area contributed by atoms with Crippen LogP contribution in [0.25, 0.3) is 0 Å². The molecule has 88 valence electrons. The van der Waals surface area contributed by atoms with Crippen LogP contribution in [0, 0.1) is 6.92 Å². The molecule has 0 radical (unpaired) electrons. The Labute approximate surface area is 96.3 Å². The molecule has 0 saturated carbocycles. The van der Waals surface area contributed by atoms with Gasteiger partial charge in [-0.25, -0.2) is 9.97 Å². The lowest BCUT2D eigenvalue weighted by atomic mass is 9.98. The van der Waals surface area contributed by atoms with E-state index in [1.54, 1.807) is 0 Å². The quantitative estimate of drug-likeness (QED) is 0.781. The normalized spacial score (nSPS) is 26.6. The minimum Gasteiger partial charge on any atom is -0.390 e. The van der Waals surface area contributed by atoms with Gasteiger partial charge < -0.3 is 10.0 Å². The number of aromatic nitrogens is 2. The number of aryl methyl sites for hydroxylation is 1. The van der Waals surface area contributed by atoms with E-state index in [0.29, 0.717) is 0 Å². The van der Waals surface area contributed by atoms with Crippen LogP contribution in [0.5, 0.6) is 0 Å². The summed E-state index contributed by atoms with van der Waals surface area (Å²) in [4.78, 5) is 10.8. The molecule has 1 fully saturated rings. The molecule has 0 amide bonds. The lowest BCUT2D eigenvalue weighted by molar-refractivity contribution is 0.0481. The summed E-state index contributed by atoms with van der Waals surface area (Å²) >= 11 is 0. The topological polar surface area (TPSA) is 49.2 Å². The van der Waals surface area contributed by atoms with Gasteiger partial charge in [0.2, 0.25) is 5.95 Å². The first kappa shape index (κ1) is 11.3. The van der Waals surface area contributed by atoms with Crippen LogP contribution in [0.4, 0.5) is 5.95 Å². The molecule has 1 aromatic rings. The summed E-state index contributed by atoms with van der Waals surface area (Å²) in [6, 6.07) is 0. The molecule has 0 aliphatic carbocycles. The highest BCUT2D eigenvalue weighted by molar-refractivity contribution is 5.29. The molecule has 1 aliphatic rings. The second-order valence-electron chi connectivity index (χ2n) is 4.90. The van der Waals surface area contributed by atoms with Crippen molar-refractivity contribution in [2.75, 3.05) is 18.0 Å². The Bertz CT molecular complexity index is 348. The van der Waals surface area contributed by atoms with Gasteiger partial charge in [-0.05, 0) is 38.7 Å². The van der Waals surface area contributed by atoms with Crippen LogP contribution in [-0.4, -0.2) is 33.8 Å². The van der Waals surface area contributed by atoms with E-state index in [-0.39, 0.29) is 0 Å². The highest BCUT2D eigenvalue weighted by Gasteiger charge is 2.25. The maximum Gasteiger partial charge on any atom is 0.225 e. The fourth-order valence-corrected chi connectivity index (χ4v) is 2.01. The Hall–Kier alpha value is -1.16. The van der Waals surface area contributed by atoms with Crippen LogP contribution in [0.15, 0.2) is 12.4 Å². The zero-order chi connectivity index (χ0) is 11.6. The minimum absolute atomic E-state index is 0.528. The van der Waals surface area contributed by atoms with E-state index in [1.807, 2.05) is 26.2 Å². The third-order valence-electron chi connectivity index (χ3n) is 3.11. The van der Waals surface area contributed by atoms with E-state index >= 15 is 0 Å². The Morgan fingerprint density at radius 1 is 1.25 bits per heavy atom. The first-order chi connectivity index (χ1) is 7.57. The SMILES string of the molecule is Cc1cnc(N2CCCC(C)(O)CC2)nc1. The summed E-state index contributed by atoms with van der Waals surface area (Å²) in [5, 5.41) is 10.00. The van der Waals surface area contributed by atoms with Crippen molar-refractivity contribution < 1.29 is 5.11 Å². The highest BCUT2D eigenvalue weighted by Crippen LogP contribution is 2.23. The fourth-order valence-electron chi connectivity index (χ4n) is 2.01. The van der Waals surface area contributed by atoms with E-state index in [4.69, 9.17) is 0 Å². The minimum atomic E-state index is -0.528. The summed E-state index contributed by atoms with van der Waals surface area (Å²) in [6.45, 7) is 5.65. The zero-order valence-electron chi connectivity index (χ0n) is 9.98. The third kappa shape index (κ3) is 2.70. The largest absolute Gasteiger partial charge is 0.390 e. The molecule has 2 heterocycles. The zero-order valence-corrected chi connectivity index (χ0v) is 9.98. The molecule has 1 N–H and O–H groups in total. The van der Waals surface area contributed by atoms with Crippen molar-refractivity contribution in [3.63, 3.8) is 0 Å². The molecule has 4 heteroatoms. The molecule has 0 bridgehead atoms. The van der Waals surface area contributed by atoms with Crippen LogP contribution >= 0.6 is 0 Å². The van der Waals surface area contributed by atoms with Gasteiger partial charge in [-0.3, -0.25) is 0 Å². The molecule has 1 aliphatic heterocycles. The maximum atomic E-state index is 10.00. The molecular formula is C12H19N3O. The predicted octanol–water partition coefficient (Wildman–Crippen LogP) is 1.53. The maximum absolute atomic E-state index is 10.00. The predicted molar refractivity (Wildman–Crippen MR) is 63.5 cm³/mol. The lowest BCUT2D eigenvalue weighted by Crippen LogP contribution is -2.29. The van der Waals surface area contributed by atoms with E-state index in [2.05, 4.69) is 14.9 Å². The average Bonchev–Trinajstić information content (AvgIpc) is 2.41. The Morgan fingerprint density at radius 2 is 1.94 bits per heavy atom. The molecule has 0 aromatic carbocycles. The van der Waals surface area contributed by atoms with Gasteiger partial charge >= 0.3 is 0 Å². The van der Waals surface area contributed by atoms with Crippen LogP contribution in [0.3, 0.4) is 0 Å². The van der Waals surface area contributed by atoms with Crippen LogP contribution < -0.4 is 4.90 Å². The van der Waals surface area contributed by atoms with Crippen LogP contribution in [0.1, 0.15) is 31.7 Å². The lowest BCUT2D eigenvalue weighted by Gasteiger charge is -2.22. The average molecular weight is 221 g/mol. The second kappa shape index (κ2) is 4.37. The van der Waals surface area contributed by atoms with Crippen molar-refractivity contribution in [3.8, 4) is 0 Å². The third-order valence-corrected chi connectivity index (χ3v) is 3.11. The van der Waals surface area contributed by atoms with Crippen molar-refractivity contribution in [2.24, 2.45) is 0 Å². The van der Waals surface area contributed by atoms with Gasteiger partial charge in [0.05, 0.1) is 5.60 Å². The molecule has 1 saturated heterocycles. The number of rotatable bonds is 1. The second-order valence-corrected chi connectivity index (χ2v) is 4.90. The fraction of sp³-hybridized carbons (Fsp3) is 0.667. The van der Waals surface area contributed by atoms with Crippen molar-refractivity contribution >= 4 is 5.95 Å². The van der Waals surface area contributed by atoms with Gasteiger partial charge in [0.1, 0.15) is 0 Å². The van der Waals surface area contributed by atoms with Gasteiger partial charge in [-0.15, -0.1) is 0 Å². The van der Waals surface area contributed by atoms with E-state index < -0.39 is 5.60 Å². The van der Waals surface area contributed by atoms with Gasteiger partial charge in [0, 0.05) is 25.5 Å². The van der Waals surface area contributed by atoms with Gasteiger partial charge in [0.15, 0.2) is 0 Å². The monoisotopic (exact) mass is 221 g/mol. The smallest absolute Gasteiger partial charge is 0.225 e. The van der Waals surface area contributed by atoms with Crippen molar-refractivity contribution in [2.45, 2.75) is 38.7 Å². The first-order valence-corrected chi connectivity index (χ1v) is 5.83. The summed E-state index contributed by atoms with van der Waals surface area (Å²) in [5.74, 6) is 0.781. The van der Waals surface area contributed by atoms with Crippen LogP contribution in [-0.2, 0) is 0 Å². The molecule has 16 heavy (non-hydrogen) atoms. The Balaban J connectivity index is 2.08. The van der Waals surface area contributed by atoms with Gasteiger partial charge in [-0.2, -0.15) is 0 Å². The standard InChI is InChI=1S/C12H19N3O/c1-10-8-13-11(14-9-10)15-6-3-4-12(2,16)5-7-15/h8-9,16H,3-7H2,1-2H3. The first-order valence-electron chi connectivity index (χ1n) is 5.83. The van der Waals surface area contributed by atoms with Crippen LogP contribution in [0.2, 0.25) is 0 Å². The van der Waals surface area contributed by atoms with Gasteiger partial charge in [0.25, 0.3) is 0 Å². The molecule has 1 aromatic heterocycles. The molecule has 1 unspecified atom stereocenters.